The highest BCUT2D eigenvalue weighted by Crippen LogP contribution is 2.33. The molecule has 2 aromatic carbocycles. The minimum absolute atomic E-state index is 0.0903. The van der Waals surface area contributed by atoms with Crippen LogP contribution in [0.1, 0.15) is 30.7 Å². The molecule has 6 heteroatoms. The molecule has 1 aliphatic rings. The number of carbonyl (C=O) groups is 1. The topological polar surface area (TPSA) is 71.0 Å². The number of likely N-dealkylation sites (tertiary alicyclic amines) is 1. The Kier molecular flexibility index (Phi) is 4.83. The van der Waals surface area contributed by atoms with Gasteiger partial charge in [0.05, 0.1) is 18.3 Å². The minimum atomic E-state index is -0.0903. The summed E-state index contributed by atoms with van der Waals surface area (Å²) in [4.78, 5) is 30.1. The molecule has 0 saturated carbocycles. The third kappa shape index (κ3) is 3.38. The van der Waals surface area contributed by atoms with Crippen LogP contribution in [0.25, 0.3) is 21.8 Å². The van der Waals surface area contributed by atoms with Crippen LogP contribution in [-0.4, -0.2) is 38.7 Å². The average molecular weight is 400 g/mol. The Labute approximate surface area is 174 Å². The van der Waals surface area contributed by atoms with E-state index in [0.717, 1.165) is 31.4 Å². The number of aromatic amines is 1. The normalized spacial score (nSPS) is 15.1. The summed E-state index contributed by atoms with van der Waals surface area (Å²) in [5, 5.41) is 6.16. The highest BCUT2D eigenvalue weighted by molar-refractivity contribution is 5.84. The molecular weight excluding hydrogens is 376 g/mol. The third-order valence-electron chi connectivity index (χ3n) is 6.21. The van der Waals surface area contributed by atoms with Crippen molar-refractivity contribution < 1.29 is 4.79 Å². The second kappa shape index (κ2) is 7.78. The van der Waals surface area contributed by atoms with E-state index in [0.29, 0.717) is 24.3 Å². The summed E-state index contributed by atoms with van der Waals surface area (Å²) in [6.07, 6.45) is 5.80. The summed E-state index contributed by atoms with van der Waals surface area (Å²) < 4.78 is 1.76. The van der Waals surface area contributed by atoms with Crippen LogP contribution in [-0.2, 0) is 11.3 Å². The molecule has 4 aromatic rings. The summed E-state index contributed by atoms with van der Waals surface area (Å²) in [6, 6.07) is 15.8. The molecule has 6 nitrogen and oxygen atoms in total. The lowest BCUT2D eigenvalue weighted by atomic mass is 9.89. The van der Waals surface area contributed by atoms with Gasteiger partial charge in [0, 0.05) is 42.0 Å². The van der Waals surface area contributed by atoms with Gasteiger partial charge in [-0.2, -0.15) is 5.10 Å². The molecule has 0 aliphatic carbocycles. The summed E-state index contributed by atoms with van der Waals surface area (Å²) >= 11 is 0. The molecule has 0 atom stereocenters. The third-order valence-corrected chi connectivity index (χ3v) is 6.21. The predicted octanol–water partition coefficient (Wildman–Crippen LogP) is 3.67. The van der Waals surface area contributed by atoms with Gasteiger partial charge in [-0.25, -0.2) is 0 Å². The van der Waals surface area contributed by atoms with Gasteiger partial charge in [-0.05, 0) is 42.5 Å². The predicted molar refractivity (Wildman–Crippen MR) is 117 cm³/mol. The molecule has 30 heavy (non-hydrogen) atoms. The smallest absolute Gasteiger partial charge is 0.224 e. The monoisotopic (exact) mass is 400 g/mol. The van der Waals surface area contributed by atoms with Crippen LogP contribution >= 0.6 is 0 Å². The number of hydrogen-bond acceptors (Lipinski definition) is 3. The van der Waals surface area contributed by atoms with Crippen LogP contribution < -0.4 is 5.43 Å². The number of aromatic nitrogens is 3. The number of rotatable bonds is 4. The van der Waals surface area contributed by atoms with Crippen molar-refractivity contribution in [1.82, 2.24) is 19.7 Å². The van der Waals surface area contributed by atoms with Crippen molar-refractivity contribution in [3.63, 3.8) is 0 Å². The lowest BCUT2D eigenvalue weighted by Gasteiger charge is -2.32. The minimum Gasteiger partial charge on any atom is -0.361 e. The number of benzene rings is 2. The van der Waals surface area contributed by atoms with Gasteiger partial charge in [-0.15, -0.1) is 0 Å². The zero-order valence-electron chi connectivity index (χ0n) is 16.8. The molecule has 0 unspecified atom stereocenters. The number of nitrogens with one attached hydrogen (secondary N) is 1. The van der Waals surface area contributed by atoms with Crippen LogP contribution in [0.4, 0.5) is 0 Å². The molecule has 1 N–H and O–H groups in total. The van der Waals surface area contributed by atoms with Crippen molar-refractivity contribution >= 4 is 27.7 Å². The van der Waals surface area contributed by atoms with E-state index in [1.165, 1.54) is 22.7 Å². The first-order valence-corrected chi connectivity index (χ1v) is 10.5. The quantitative estimate of drug-likeness (QED) is 0.568. The lowest BCUT2D eigenvalue weighted by Crippen LogP contribution is -2.38. The van der Waals surface area contributed by atoms with E-state index in [1.54, 1.807) is 10.7 Å². The van der Waals surface area contributed by atoms with Gasteiger partial charge < -0.3 is 9.88 Å². The number of hydrogen-bond donors (Lipinski definition) is 1. The fourth-order valence-electron chi connectivity index (χ4n) is 4.57. The standard InChI is InChI=1S/C24H24N4O2/c29-23-16-26-28(22-8-4-2-6-19(22)23)14-11-24(30)27-12-9-17(10-13-27)20-15-25-21-7-3-1-5-18(20)21/h1-8,15-17,25H,9-14H2. The Morgan fingerprint density at radius 1 is 1.03 bits per heavy atom. The first kappa shape index (κ1) is 18.6. The molecule has 152 valence electrons. The van der Waals surface area contributed by atoms with Crippen molar-refractivity contribution in [2.45, 2.75) is 31.7 Å². The first-order chi connectivity index (χ1) is 14.7. The Bertz CT molecular complexity index is 1260. The molecule has 1 fully saturated rings. The molecular formula is C24H24N4O2. The molecule has 1 aliphatic heterocycles. The van der Waals surface area contributed by atoms with Crippen molar-refractivity contribution in [3.05, 3.63) is 76.7 Å². The van der Waals surface area contributed by atoms with Gasteiger partial charge in [-0.3, -0.25) is 14.3 Å². The maximum Gasteiger partial charge on any atom is 0.224 e. The molecule has 2 aromatic heterocycles. The van der Waals surface area contributed by atoms with E-state index in [9.17, 15) is 9.59 Å². The van der Waals surface area contributed by atoms with Gasteiger partial charge in [0.2, 0.25) is 11.3 Å². The fraction of sp³-hybridized carbons (Fsp3) is 0.292. The summed E-state index contributed by atoms with van der Waals surface area (Å²) in [7, 11) is 0. The summed E-state index contributed by atoms with van der Waals surface area (Å²) in [6.45, 7) is 2.03. The second-order valence-electron chi connectivity index (χ2n) is 7.94. The van der Waals surface area contributed by atoms with E-state index in [-0.39, 0.29) is 11.3 Å². The van der Waals surface area contributed by atoms with Crippen LogP contribution in [0.5, 0.6) is 0 Å². The number of H-pyrrole nitrogens is 1. The maximum absolute atomic E-state index is 12.8. The molecule has 1 amide bonds. The molecule has 0 bridgehead atoms. The van der Waals surface area contributed by atoms with Crippen LogP contribution in [0.15, 0.2) is 65.7 Å². The van der Waals surface area contributed by atoms with Crippen molar-refractivity contribution in [1.29, 1.82) is 0 Å². The van der Waals surface area contributed by atoms with Gasteiger partial charge in [-0.1, -0.05) is 30.3 Å². The van der Waals surface area contributed by atoms with Crippen LogP contribution in [0.3, 0.4) is 0 Å². The summed E-state index contributed by atoms with van der Waals surface area (Å²) in [5.41, 5.74) is 3.22. The number of piperidine rings is 1. The van der Waals surface area contributed by atoms with Crippen molar-refractivity contribution in [2.75, 3.05) is 13.1 Å². The maximum atomic E-state index is 12.8. The van der Waals surface area contributed by atoms with Gasteiger partial charge in [0.15, 0.2) is 0 Å². The molecule has 0 spiro atoms. The summed E-state index contributed by atoms with van der Waals surface area (Å²) in [5.74, 6) is 0.631. The SMILES string of the molecule is O=C(CCn1ncc(=O)c2ccccc21)N1CCC(c2c[nH]c3ccccc23)CC1. The van der Waals surface area contributed by atoms with E-state index >= 15 is 0 Å². The highest BCUT2D eigenvalue weighted by Gasteiger charge is 2.25. The van der Waals surface area contributed by atoms with Crippen LogP contribution in [0.2, 0.25) is 0 Å². The van der Waals surface area contributed by atoms with Gasteiger partial charge >= 0.3 is 0 Å². The molecule has 5 rings (SSSR count). The Balaban J connectivity index is 1.23. The molecule has 3 heterocycles. The number of carbonyl (C=O) groups excluding carboxylic acids is 1. The number of amides is 1. The fourth-order valence-corrected chi connectivity index (χ4v) is 4.57. The Morgan fingerprint density at radius 3 is 2.60 bits per heavy atom. The van der Waals surface area contributed by atoms with E-state index in [4.69, 9.17) is 0 Å². The number of para-hydroxylation sites is 2. The molecule has 0 radical (unpaired) electrons. The largest absolute Gasteiger partial charge is 0.361 e. The average Bonchev–Trinajstić information content (AvgIpc) is 3.23. The highest BCUT2D eigenvalue weighted by atomic mass is 16.2. The van der Waals surface area contributed by atoms with Gasteiger partial charge in [0.1, 0.15) is 0 Å². The zero-order chi connectivity index (χ0) is 20.5. The second-order valence-corrected chi connectivity index (χ2v) is 7.94. The molecule has 1 saturated heterocycles. The van der Waals surface area contributed by atoms with E-state index in [2.05, 4.69) is 34.5 Å². The zero-order valence-corrected chi connectivity index (χ0v) is 16.8. The van der Waals surface area contributed by atoms with Crippen molar-refractivity contribution in [2.24, 2.45) is 0 Å². The number of aryl methyl sites for hydroxylation is 1. The van der Waals surface area contributed by atoms with E-state index in [1.807, 2.05) is 29.2 Å². The van der Waals surface area contributed by atoms with E-state index < -0.39 is 0 Å². The Morgan fingerprint density at radius 2 is 1.77 bits per heavy atom. The first-order valence-electron chi connectivity index (χ1n) is 10.5. The van der Waals surface area contributed by atoms with Crippen LogP contribution in [0, 0.1) is 0 Å². The van der Waals surface area contributed by atoms with Gasteiger partial charge in [0.25, 0.3) is 0 Å². The van der Waals surface area contributed by atoms with Crippen molar-refractivity contribution in [3.8, 4) is 0 Å². The number of fused-ring (bicyclic) bond motifs is 2. The number of nitrogens with zero attached hydrogens (tertiary/aromatic N) is 3. The lowest BCUT2D eigenvalue weighted by molar-refractivity contribution is -0.132. The Hall–Kier alpha value is -3.41.